The summed E-state index contributed by atoms with van der Waals surface area (Å²) in [6, 6.07) is 7.86. The Bertz CT molecular complexity index is 493. The summed E-state index contributed by atoms with van der Waals surface area (Å²) < 4.78 is 0. The highest BCUT2D eigenvalue weighted by Gasteiger charge is 2.19. The molecule has 1 aromatic carbocycles. The third kappa shape index (κ3) is 2.53. The number of hydroxylamine groups is 1. The summed E-state index contributed by atoms with van der Waals surface area (Å²) in [5.41, 5.74) is 2.11. The molecule has 1 unspecified atom stereocenters. The summed E-state index contributed by atoms with van der Waals surface area (Å²) in [6.45, 7) is 4.23. The van der Waals surface area contributed by atoms with E-state index in [1.165, 1.54) is 0 Å². The Morgan fingerprint density at radius 2 is 2.06 bits per heavy atom. The van der Waals surface area contributed by atoms with E-state index in [0.717, 1.165) is 27.9 Å². The molecule has 2 radical (unpaired) electrons. The van der Waals surface area contributed by atoms with Crippen molar-refractivity contribution in [2.75, 3.05) is 0 Å². The zero-order valence-corrected chi connectivity index (χ0v) is 10.2. The van der Waals surface area contributed by atoms with Crippen LogP contribution in [-0.4, -0.2) is 23.1 Å². The molecule has 0 spiro atoms. The monoisotopic (exact) mass is 228 g/mol. The predicted octanol–water partition coefficient (Wildman–Crippen LogP) is 3.03. The highest BCUT2D eigenvalue weighted by Crippen LogP contribution is 2.31. The Morgan fingerprint density at radius 3 is 2.71 bits per heavy atom. The van der Waals surface area contributed by atoms with Gasteiger partial charge in [-0.15, -0.1) is 0 Å². The molecule has 88 valence electrons. The number of nitrogens with zero attached hydrogens (tertiary/aromatic N) is 1. The predicted molar refractivity (Wildman–Crippen MR) is 69.9 cm³/mol. The molecule has 0 aliphatic heterocycles. The van der Waals surface area contributed by atoms with E-state index in [4.69, 9.17) is 7.98 Å². The minimum atomic E-state index is -0.175. The fourth-order valence-electron chi connectivity index (χ4n) is 2.19. The Labute approximate surface area is 103 Å². The lowest BCUT2D eigenvalue weighted by Crippen LogP contribution is -2.23. The second kappa shape index (κ2) is 4.94. The topological polar surface area (TPSA) is 39.3 Å². The fourth-order valence-corrected chi connectivity index (χ4v) is 2.19. The average Bonchev–Trinajstić information content (AvgIpc) is 2.69. The Hall–Kier alpha value is -1.26. The summed E-state index contributed by atoms with van der Waals surface area (Å²) in [5, 5.41) is 10.7. The van der Waals surface area contributed by atoms with E-state index in [1.54, 1.807) is 0 Å². The van der Waals surface area contributed by atoms with Crippen LogP contribution in [0.5, 0.6) is 0 Å². The van der Waals surface area contributed by atoms with Crippen molar-refractivity contribution in [3.63, 3.8) is 0 Å². The van der Waals surface area contributed by atoms with Gasteiger partial charge in [0.1, 0.15) is 0 Å². The quantitative estimate of drug-likeness (QED) is 0.623. The molecular weight excluding hydrogens is 211 g/mol. The minimum Gasteiger partial charge on any atom is -0.361 e. The van der Waals surface area contributed by atoms with E-state index < -0.39 is 0 Å². The van der Waals surface area contributed by atoms with Gasteiger partial charge < -0.3 is 10.2 Å². The van der Waals surface area contributed by atoms with Crippen LogP contribution in [0.4, 0.5) is 0 Å². The maximum absolute atomic E-state index is 9.59. The van der Waals surface area contributed by atoms with E-state index in [0.29, 0.717) is 5.92 Å². The van der Waals surface area contributed by atoms with Crippen LogP contribution in [0, 0.1) is 5.92 Å². The standard InChI is InChI=1S/C13H17BN2O/c1-9(2)7-13(16(14)17)11-8-15-12-6-4-3-5-10(11)12/h3-6,8-9,13,15,17H,7H2,1-2H3. The lowest BCUT2D eigenvalue weighted by Gasteiger charge is -2.24. The number of para-hydroxylation sites is 1. The van der Waals surface area contributed by atoms with Gasteiger partial charge in [-0.2, -0.15) is 0 Å². The van der Waals surface area contributed by atoms with Crippen LogP contribution in [0.15, 0.2) is 30.5 Å². The second-order valence-corrected chi connectivity index (χ2v) is 4.81. The molecule has 1 atom stereocenters. The van der Waals surface area contributed by atoms with Crippen molar-refractivity contribution in [2.24, 2.45) is 5.92 Å². The van der Waals surface area contributed by atoms with E-state index >= 15 is 0 Å². The van der Waals surface area contributed by atoms with Crippen LogP contribution in [-0.2, 0) is 0 Å². The molecule has 2 aromatic rings. The zero-order chi connectivity index (χ0) is 12.4. The SMILES string of the molecule is [B]N(O)C(CC(C)C)c1c[nH]c2ccccc12. The number of hydrogen-bond acceptors (Lipinski definition) is 2. The number of aromatic nitrogens is 1. The molecule has 0 amide bonds. The molecule has 4 heteroatoms. The van der Waals surface area contributed by atoms with E-state index in [-0.39, 0.29) is 6.04 Å². The van der Waals surface area contributed by atoms with Gasteiger partial charge in [0.25, 0.3) is 0 Å². The summed E-state index contributed by atoms with van der Waals surface area (Å²) in [6.07, 6.45) is 2.74. The fraction of sp³-hybridized carbons (Fsp3) is 0.385. The number of fused-ring (bicyclic) bond motifs is 1. The number of nitrogens with one attached hydrogen (secondary N) is 1. The largest absolute Gasteiger partial charge is 0.361 e. The third-order valence-electron chi connectivity index (χ3n) is 2.99. The van der Waals surface area contributed by atoms with Gasteiger partial charge in [-0.3, -0.25) is 0 Å². The Kier molecular flexibility index (Phi) is 3.55. The highest BCUT2D eigenvalue weighted by atomic mass is 16.5. The molecule has 0 aliphatic carbocycles. The number of rotatable bonds is 4. The second-order valence-electron chi connectivity index (χ2n) is 4.81. The third-order valence-corrected chi connectivity index (χ3v) is 2.99. The van der Waals surface area contributed by atoms with Gasteiger partial charge in [0.15, 0.2) is 0 Å². The highest BCUT2D eigenvalue weighted by molar-refractivity contribution is 6.03. The lowest BCUT2D eigenvalue weighted by atomic mass is 9.95. The minimum absolute atomic E-state index is 0.175. The molecule has 1 heterocycles. The van der Waals surface area contributed by atoms with Gasteiger partial charge in [0, 0.05) is 23.1 Å². The lowest BCUT2D eigenvalue weighted by molar-refractivity contribution is -0.0424. The van der Waals surface area contributed by atoms with Crippen molar-refractivity contribution < 1.29 is 5.21 Å². The number of H-pyrrole nitrogens is 1. The van der Waals surface area contributed by atoms with Gasteiger partial charge in [0.05, 0.1) is 0 Å². The van der Waals surface area contributed by atoms with E-state index in [9.17, 15) is 5.21 Å². The number of hydrogen-bond donors (Lipinski definition) is 2. The number of aromatic amines is 1. The molecule has 0 saturated heterocycles. The Morgan fingerprint density at radius 1 is 1.35 bits per heavy atom. The Balaban J connectivity index is 2.41. The first-order valence-corrected chi connectivity index (χ1v) is 5.88. The van der Waals surface area contributed by atoms with Crippen molar-refractivity contribution in [1.29, 1.82) is 0 Å². The first-order valence-electron chi connectivity index (χ1n) is 5.88. The molecule has 17 heavy (non-hydrogen) atoms. The molecule has 3 nitrogen and oxygen atoms in total. The first-order chi connectivity index (χ1) is 8.09. The summed E-state index contributed by atoms with van der Waals surface area (Å²) in [4.78, 5) is 4.02. The van der Waals surface area contributed by atoms with Crippen LogP contribution in [0.1, 0.15) is 31.9 Å². The molecule has 0 aliphatic rings. The van der Waals surface area contributed by atoms with Crippen LogP contribution >= 0.6 is 0 Å². The maximum atomic E-state index is 9.59. The van der Waals surface area contributed by atoms with Crippen molar-refractivity contribution in [3.05, 3.63) is 36.0 Å². The van der Waals surface area contributed by atoms with Crippen LogP contribution in [0.25, 0.3) is 10.9 Å². The summed E-state index contributed by atoms with van der Waals surface area (Å²) in [7, 11) is 5.54. The smallest absolute Gasteiger partial charge is 0.224 e. The van der Waals surface area contributed by atoms with E-state index in [2.05, 4.69) is 18.8 Å². The van der Waals surface area contributed by atoms with E-state index in [1.807, 2.05) is 30.5 Å². The average molecular weight is 228 g/mol. The molecule has 0 fully saturated rings. The van der Waals surface area contributed by atoms with Crippen molar-refractivity contribution in [3.8, 4) is 0 Å². The molecular formula is C13H17BN2O. The number of benzene rings is 1. The van der Waals surface area contributed by atoms with Crippen molar-refractivity contribution in [1.82, 2.24) is 9.96 Å². The molecule has 0 bridgehead atoms. The molecule has 2 rings (SSSR count). The molecule has 1 aromatic heterocycles. The first kappa shape index (κ1) is 12.2. The van der Waals surface area contributed by atoms with Gasteiger partial charge in [-0.05, 0) is 24.0 Å². The summed E-state index contributed by atoms with van der Waals surface area (Å²) >= 11 is 0. The van der Waals surface area contributed by atoms with Gasteiger partial charge >= 0.3 is 0 Å². The molecule has 2 N–H and O–H groups in total. The normalized spacial score (nSPS) is 13.7. The zero-order valence-electron chi connectivity index (χ0n) is 10.2. The van der Waals surface area contributed by atoms with Gasteiger partial charge in [-0.25, -0.2) is 4.97 Å². The van der Waals surface area contributed by atoms with Crippen molar-refractivity contribution in [2.45, 2.75) is 26.3 Å². The van der Waals surface area contributed by atoms with Crippen LogP contribution in [0.2, 0.25) is 0 Å². The summed E-state index contributed by atoms with van der Waals surface area (Å²) in [5.74, 6) is 0.465. The molecule has 0 saturated carbocycles. The van der Waals surface area contributed by atoms with Crippen molar-refractivity contribution >= 4 is 18.9 Å². The van der Waals surface area contributed by atoms with Gasteiger partial charge in [-0.1, -0.05) is 32.0 Å². The van der Waals surface area contributed by atoms with Crippen LogP contribution < -0.4 is 0 Å². The van der Waals surface area contributed by atoms with Gasteiger partial charge in [0.2, 0.25) is 7.98 Å². The van der Waals surface area contributed by atoms with Crippen LogP contribution in [0.3, 0.4) is 0 Å². The maximum Gasteiger partial charge on any atom is 0.224 e.